The molecule has 0 saturated carbocycles. The van der Waals surface area contributed by atoms with E-state index in [0.717, 1.165) is 50.9 Å². The topological polar surface area (TPSA) is 90.3 Å². The van der Waals surface area contributed by atoms with Gasteiger partial charge in [-0.3, -0.25) is 9.59 Å². The fourth-order valence-electron chi connectivity index (χ4n) is 4.75. The molecule has 2 aromatic rings. The number of hydrogen-bond donors (Lipinski definition) is 2. The second kappa shape index (κ2) is 13.3. The number of aliphatic hydroxyl groups excluding tert-OH is 1. The Kier molecular flexibility index (Phi) is 10.1. The zero-order valence-corrected chi connectivity index (χ0v) is 22.5. The molecule has 37 heavy (non-hydrogen) atoms. The quantitative estimate of drug-likeness (QED) is 0.213. The van der Waals surface area contributed by atoms with Gasteiger partial charge < -0.3 is 24.7 Å². The summed E-state index contributed by atoms with van der Waals surface area (Å²) in [4.78, 5) is 30.5. The van der Waals surface area contributed by atoms with Gasteiger partial charge in [0.1, 0.15) is 5.76 Å². The Morgan fingerprint density at radius 2 is 1.59 bits per heavy atom. The molecule has 1 atom stereocenters. The smallest absolute Gasteiger partial charge is 0.295 e. The van der Waals surface area contributed by atoms with Crippen LogP contribution in [0, 0.1) is 6.92 Å². The minimum absolute atomic E-state index is 0.0378. The lowest BCUT2D eigenvalue weighted by atomic mass is 9.94. The largest absolute Gasteiger partial charge is 0.507 e. The van der Waals surface area contributed by atoms with E-state index >= 15 is 0 Å². The van der Waals surface area contributed by atoms with E-state index in [1.165, 1.54) is 13.2 Å². The number of aromatic hydroxyl groups is 1. The standard InChI is InChI=1S/C30H40N2O5/c1-5-7-16-31(17-8-6-2)18-9-19-32-27(23-14-15-24(33)25(20-23)37-4)26(29(35)30(32)36)28(34)22-12-10-21(3)11-13-22/h10-15,20,27,33-34H,5-9,16-19H2,1-4H3/b28-26-. The molecule has 2 aromatic carbocycles. The van der Waals surface area contributed by atoms with Crippen molar-refractivity contribution in [1.82, 2.24) is 9.80 Å². The number of likely N-dealkylation sites (tertiary alicyclic amines) is 1. The molecule has 1 fully saturated rings. The Balaban J connectivity index is 1.96. The summed E-state index contributed by atoms with van der Waals surface area (Å²) < 4.78 is 5.29. The third-order valence-corrected chi connectivity index (χ3v) is 6.91. The van der Waals surface area contributed by atoms with Crippen LogP contribution in [0.4, 0.5) is 0 Å². The summed E-state index contributed by atoms with van der Waals surface area (Å²) in [7, 11) is 1.45. The number of phenols is 1. The lowest BCUT2D eigenvalue weighted by molar-refractivity contribution is -0.140. The first kappa shape index (κ1) is 28.3. The van der Waals surface area contributed by atoms with Crippen LogP contribution in [0.2, 0.25) is 0 Å². The maximum atomic E-state index is 13.3. The molecule has 1 saturated heterocycles. The van der Waals surface area contributed by atoms with Crippen LogP contribution >= 0.6 is 0 Å². The van der Waals surface area contributed by atoms with Crippen LogP contribution in [-0.4, -0.2) is 65.0 Å². The number of methoxy groups -OCH3 is 1. The monoisotopic (exact) mass is 508 g/mol. The lowest BCUT2D eigenvalue weighted by Gasteiger charge is -2.28. The van der Waals surface area contributed by atoms with Gasteiger partial charge in [-0.2, -0.15) is 0 Å². The molecule has 1 heterocycles. The Morgan fingerprint density at radius 1 is 0.973 bits per heavy atom. The molecular weight excluding hydrogens is 468 g/mol. The van der Waals surface area contributed by atoms with Gasteiger partial charge in [-0.1, -0.05) is 62.6 Å². The van der Waals surface area contributed by atoms with Gasteiger partial charge in [0.25, 0.3) is 11.7 Å². The van der Waals surface area contributed by atoms with Crippen LogP contribution in [0.5, 0.6) is 11.5 Å². The Bertz CT molecular complexity index is 1100. The molecule has 0 spiro atoms. The molecular formula is C30H40N2O5. The summed E-state index contributed by atoms with van der Waals surface area (Å²) in [6, 6.07) is 11.2. The van der Waals surface area contributed by atoms with E-state index in [2.05, 4.69) is 18.7 Å². The van der Waals surface area contributed by atoms with Crippen molar-refractivity contribution in [3.63, 3.8) is 0 Å². The first-order valence-corrected chi connectivity index (χ1v) is 13.3. The number of carbonyl (C=O) groups is 2. The average Bonchev–Trinajstić information content (AvgIpc) is 3.15. The molecule has 0 aromatic heterocycles. The maximum absolute atomic E-state index is 13.3. The van der Waals surface area contributed by atoms with Crippen molar-refractivity contribution in [1.29, 1.82) is 0 Å². The molecule has 7 heteroatoms. The summed E-state index contributed by atoms with van der Waals surface area (Å²) in [6.45, 7) is 9.53. The number of amides is 1. The number of Topliss-reactive ketones (excluding diaryl/α,β-unsaturated/α-hetero) is 1. The Morgan fingerprint density at radius 3 is 2.19 bits per heavy atom. The number of ketones is 1. The fraction of sp³-hybridized carbons (Fsp3) is 0.467. The summed E-state index contributed by atoms with van der Waals surface area (Å²) in [6.07, 6.45) is 5.20. The summed E-state index contributed by atoms with van der Waals surface area (Å²) in [5.74, 6) is -1.33. The van der Waals surface area contributed by atoms with Crippen molar-refractivity contribution < 1.29 is 24.5 Å². The van der Waals surface area contributed by atoms with Crippen molar-refractivity contribution in [2.24, 2.45) is 0 Å². The molecule has 0 aliphatic carbocycles. The number of carbonyl (C=O) groups excluding carboxylic acids is 2. The fourth-order valence-corrected chi connectivity index (χ4v) is 4.75. The van der Waals surface area contributed by atoms with E-state index in [0.29, 0.717) is 24.1 Å². The van der Waals surface area contributed by atoms with Crippen LogP contribution < -0.4 is 4.74 Å². The van der Waals surface area contributed by atoms with Crippen molar-refractivity contribution >= 4 is 17.4 Å². The van der Waals surface area contributed by atoms with Crippen LogP contribution in [0.3, 0.4) is 0 Å². The number of aliphatic hydroxyl groups is 1. The van der Waals surface area contributed by atoms with E-state index in [9.17, 15) is 19.8 Å². The van der Waals surface area contributed by atoms with E-state index < -0.39 is 17.7 Å². The van der Waals surface area contributed by atoms with E-state index in [1.54, 1.807) is 29.2 Å². The van der Waals surface area contributed by atoms with Crippen LogP contribution in [0.1, 0.15) is 68.7 Å². The molecule has 0 bridgehead atoms. The van der Waals surface area contributed by atoms with Crippen molar-refractivity contribution in [3.05, 3.63) is 64.7 Å². The van der Waals surface area contributed by atoms with Crippen LogP contribution in [-0.2, 0) is 9.59 Å². The molecule has 0 radical (unpaired) electrons. The molecule has 1 unspecified atom stereocenters. The van der Waals surface area contributed by atoms with E-state index in [4.69, 9.17) is 4.74 Å². The number of unbranched alkanes of at least 4 members (excludes halogenated alkanes) is 2. The normalized spacial score (nSPS) is 17.1. The van der Waals surface area contributed by atoms with Gasteiger partial charge in [-0.15, -0.1) is 0 Å². The zero-order chi connectivity index (χ0) is 26.9. The Hall–Kier alpha value is -3.32. The molecule has 3 rings (SSSR count). The molecule has 7 nitrogen and oxygen atoms in total. The van der Waals surface area contributed by atoms with Gasteiger partial charge in [-0.05, 0) is 63.5 Å². The number of hydrogen-bond acceptors (Lipinski definition) is 6. The highest BCUT2D eigenvalue weighted by Crippen LogP contribution is 2.41. The summed E-state index contributed by atoms with van der Waals surface area (Å²) in [5, 5.41) is 21.4. The third-order valence-electron chi connectivity index (χ3n) is 6.91. The Labute approximate surface area is 220 Å². The minimum atomic E-state index is -0.782. The first-order chi connectivity index (χ1) is 17.8. The van der Waals surface area contributed by atoms with E-state index in [-0.39, 0.29) is 22.8 Å². The number of ether oxygens (including phenoxy) is 1. The van der Waals surface area contributed by atoms with Gasteiger partial charge in [0, 0.05) is 12.1 Å². The predicted octanol–water partition coefficient (Wildman–Crippen LogP) is 5.42. The van der Waals surface area contributed by atoms with Gasteiger partial charge in [0.2, 0.25) is 0 Å². The summed E-state index contributed by atoms with van der Waals surface area (Å²) >= 11 is 0. The first-order valence-electron chi connectivity index (χ1n) is 13.3. The maximum Gasteiger partial charge on any atom is 0.295 e. The SMILES string of the molecule is CCCCN(CCCC)CCCN1C(=O)C(=O)/C(=C(\O)c2ccc(C)cc2)C1c1ccc(O)c(OC)c1. The minimum Gasteiger partial charge on any atom is -0.507 e. The van der Waals surface area contributed by atoms with Gasteiger partial charge >= 0.3 is 0 Å². The molecule has 1 aliphatic rings. The lowest BCUT2D eigenvalue weighted by Crippen LogP contribution is -2.34. The van der Waals surface area contributed by atoms with Crippen molar-refractivity contribution in [2.45, 2.75) is 58.9 Å². The van der Waals surface area contributed by atoms with Gasteiger partial charge in [0.15, 0.2) is 11.5 Å². The highest BCUT2D eigenvalue weighted by Gasteiger charge is 2.46. The third kappa shape index (κ3) is 6.72. The van der Waals surface area contributed by atoms with Crippen LogP contribution in [0.15, 0.2) is 48.0 Å². The predicted molar refractivity (Wildman–Crippen MR) is 146 cm³/mol. The highest BCUT2D eigenvalue weighted by atomic mass is 16.5. The van der Waals surface area contributed by atoms with E-state index in [1.807, 2.05) is 19.1 Å². The number of aryl methyl sites for hydroxylation is 1. The van der Waals surface area contributed by atoms with Gasteiger partial charge in [0.05, 0.1) is 18.7 Å². The average molecular weight is 509 g/mol. The number of rotatable bonds is 13. The molecule has 1 aliphatic heterocycles. The summed E-state index contributed by atoms with van der Waals surface area (Å²) in [5.41, 5.74) is 2.14. The number of nitrogens with zero attached hydrogens (tertiary/aromatic N) is 2. The number of phenolic OH excluding ortho intramolecular Hbond substituents is 1. The van der Waals surface area contributed by atoms with Crippen molar-refractivity contribution in [3.8, 4) is 11.5 Å². The highest BCUT2D eigenvalue weighted by molar-refractivity contribution is 6.46. The van der Waals surface area contributed by atoms with Crippen LogP contribution in [0.25, 0.3) is 5.76 Å². The zero-order valence-electron chi connectivity index (χ0n) is 22.5. The molecule has 1 amide bonds. The second-order valence-electron chi connectivity index (χ2n) is 9.69. The van der Waals surface area contributed by atoms with Gasteiger partial charge in [-0.25, -0.2) is 0 Å². The second-order valence-corrected chi connectivity index (χ2v) is 9.69. The van der Waals surface area contributed by atoms with Crippen molar-refractivity contribution in [2.75, 3.05) is 33.3 Å². The molecule has 200 valence electrons. The molecule has 2 N–H and O–H groups in total. The number of benzene rings is 2.